The molecule has 2 N–H and O–H groups in total. The van der Waals surface area contributed by atoms with Crippen LogP contribution in [0.25, 0.3) is 0 Å². The Hall–Kier alpha value is -0.940. The molecule has 0 unspecified atom stereocenters. The SMILES string of the molecule is OCc1cn(CCCNC(C2CCCC2)C2CCCC2)nn1. The van der Waals surface area contributed by atoms with Gasteiger partial charge in [-0.05, 0) is 50.5 Å². The molecule has 5 nitrogen and oxygen atoms in total. The first-order valence-electron chi connectivity index (χ1n) is 9.10. The van der Waals surface area contributed by atoms with E-state index >= 15 is 0 Å². The van der Waals surface area contributed by atoms with Gasteiger partial charge in [0, 0.05) is 12.6 Å². The summed E-state index contributed by atoms with van der Waals surface area (Å²) in [7, 11) is 0. The van der Waals surface area contributed by atoms with Gasteiger partial charge in [0.15, 0.2) is 0 Å². The lowest BCUT2D eigenvalue weighted by molar-refractivity contribution is 0.258. The van der Waals surface area contributed by atoms with E-state index < -0.39 is 0 Å². The van der Waals surface area contributed by atoms with E-state index in [1.54, 1.807) is 0 Å². The van der Waals surface area contributed by atoms with Gasteiger partial charge in [0.2, 0.25) is 0 Å². The zero-order valence-electron chi connectivity index (χ0n) is 13.6. The number of aliphatic hydroxyl groups is 1. The molecule has 2 saturated carbocycles. The first-order valence-corrected chi connectivity index (χ1v) is 9.10. The molecule has 2 fully saturated rings. The minimum Gasteiger partial charge on any atom is -0.390 e. The van der Waals surface area contributed by atoms with Crippen LogP contribution >= 0.6 is 0 Å². The van der Waals surface area contributed by atoms with Crippen molar-refractivity contribution in [3.05, 3.63) is 11.9 Å². The summed E-state index contributed by atoms with van der Waals surface area (Å²) in [5.74, 6) is 1.82. The molecule has 124 valence electrons. The largest absolute Gasteiger partial charge is 0.390 e. The molecule has 0 atom stereocenters. The van der Waals surface area contributed by atoms with E-state index in [9.17, 15) is 0 Å². The van der Waals surface area contributed by atoms with E-state index in [2.05, 4.69) is 15.6 Å². The predicted octanol–water partition coefficient (Wildman–Crippen LogP) is 2.50. The Morgan fingerprint density at radius 2 is 1.77 bits per heavy atom. The predicted molar refractivity (Wildman–Crippen MR) is 86.3 cm³/mol. The molecule has 0 bridgehead atoms. The first-order chi connectivity index (χ1) is 10.9. The van der Waals surface area contributed by atoms with Crippen molar-refractivity contribution in [2.75, 3.05) is 6.54 Å². The van der Waals surface area contributed by atoms with Gasteiger partial charge in [-0.1, -0.05) is 30.9 Å². The number of nitrogens with one attached hydrogen (secondary N) is 1. The topological polar surface area (TPSA) is 63.0 Å². The quantitative estimate of drug-likeness (QED) is 0.724. The maximum Gasteiger partial charge on any atom is 0.108 e. The third kappa shape index (κ3) is 4.07. The van der Waals surface area contributed by atoms with Crippen molar-refractivity contribution in [2.24, 2.45) is 11.8 Å². The van der Waals surface area contributed by atoms with E-state index in [-0.39, 0.29) is 6.61 Å². The van der Waals surface area contributed by atoms with Crippen LogP contribution < -0.4 is 5.32 Å². The van der Waals surface area contributed by atoms with Crippen LogP contribution in [0.5, 0.6) is 0 Å². The van der Waals surface area contributed by atoms with Gasteiger partial charge in [-0.3, -0.25) is 4.68 Å². The Bertz CT molecular complexity index is 420. The molecule has 3 rings (SSSR count). The van der Waals surface area contributed by atoms with Crippen LogP contribution in [0.3, 0.4) is 0 Å². The van der Waals surface area contributed by atoms with E-state index in [4.69, 9.17) is 5.11 Å². The lowest BCUT2D eigenvalue weighted by Crippen LogP contribution is -2.41. The van der Waals surface area contributed by atoms with Crippen LogP contribution in [0.15, 0.2) is 6.20 Å². The number of hydrogen-bond acceptors (Lipinski definition) is 4. The normalized spacial score (nSPS) is 20.5. The number of aliphatic hydroxyl groups excluding tert-OH is 1. The molecular weight excluding hydrogens is 276 g/mol. The van der Waals surface area contributed by atoms with Crippen molar-refractivity contribution in [1.29, 1.82) is 0 Å². The summed E-state index contributed by atoms with van der Waals surface area (Å²) >= 11 is 0. The van der Waals surface area contributed by atoms with E-state index in [1.807, 2.05) is 10.9 Å². The first kappa shape index (κ1) is 15.9. The van der Waals surface area contributed by atoms with Crippen molar-refractivity contribution in [1.82, 2.24) is 20.3 Å². The average Bonchev–Trinajstić information content (AvgIpc) is 3.29. The summed E-state index contributed by atoms with van der Waals surface area (Å²) in [5.41, 5.74) is 0.655. The van der Waals surface area contributed by atoms with Gasteiger partial charge >= 0.3 is 0 Å². The molecule has 1 heterocycles. The Kier molecular flexibility index (Phi) is 5.84. The number of nitrogens with zero attached hydrogens (tertiary/aromatic N) is 3. The lowest BCUT2D eigenvalue weighted by Gasteiger charge is -2.30. The molecule has 22 heavy (non-hydrogen) atoms. The van der Waals surface area contributed by atoms with Gasteiger partial charge in [0.05, 0.1) is 12.8 Å². The smallest absolute Gasteiger partial charge is 0.108 e. The third-order valence-electron chi connectivity index (χ3n) is 5.51. The molecule has 1 aromatic heterocycles. The summed E-state index contributed by atoms with van der Waals surface area (Å²) in [6.07, 6.45) is 14.3. The maximum absolute atomic E-state index is 9.01. The van der Waals surface area contributed by atoms with Gasteiger partial charge in [0.25, 0.3) is 0 Å². The van der Waals surface area contributed by atoms with E-state index in [0.717, 1.165) is 37.4 Å². The third-order valence-corrected chi connectivity index (χ3v) is 5.51. The molecule has 0 aromatic carbocycles. The van der Waals surface area contributed by atoms with Gasteiger partial charge in [-0.25, -0.2) is 0 Å². The maximum atomic E-state index is 9.01. The van der Waals surface area contributed by atoms with Crippen LogP contribution in [-0.2, 0) is 13.2 Å². The molecule has 2 aliphatic rings. The second-order valence-electron chi connectivity index (χ2n) is 7.05. The summed E-state index contributed by atoms with van der Waals surface area (Å²) in [4.78, 5) is 0. The van der Waals surface area contributed by atoms with Crippen molar-refractivity contribution in [3.63, 3.8) is 0 Å². The van der Waals surface area contributed by atoms with Crippen LogP contribution in [0.4, 0.5) is 0 Å². The fourth-order valence-corrected chi connectivity index (χ4v) is 4.38. The van der Waals surface area contributed by atoms with Crippen LogP contribution in [0, 0.1) is 11.8 Å². The lowest BCUT2D eigenvalue weighted by atomic mass is 9.86. The van der Waals surface area contributed by atoms with Gasteiger partial charge < -0.3 is 10.4 Å². The van der Waals surface area contributed by atoms with Crippen molar-refractivity contribution < 1.29 is 5.11 Å². The number of rotatable bonds is 8. The van der Waals surface area contributed by atoms with Crippen molar-refractivity contribution in [2.45, 2.75) is 77.0 Å². The Labute approximate surface area is 133 Å². The zero-order valence-corrected chi connectivity index (χ0v) is 13.6. The van der Waals surface area contributed by atoms with Crippen molar-refractivity contribution >= 4 is 0 Å². The number of aromatic nitrogens is 3. The minimum atomic E-state index is -0.0241. The Balaban J connectivity index is 1.44. The molecule has 0 saturated heterocycles. The second-order valence-corrected chi connectivity index (χ2v) is 7.05. The molecule has 1 aromatic rings. The minimum absolute atomic E-state index is 0.0241. The highest BCUT2D eigenvalue weighted by molar-refractivity contribution is 4.90. The molecule has 0 radical (unpaired) electrons. The molecule has 5 heteroatoms. The van der Waals surface area contributed by atoms with Crippen LogP contribution in [0.1, 0.15) is 63.5 Å². The Morgan fingerprint density at radius 1 is 1.14 bits per heavy atom. The standard InChI is InChI=1S/C17H30N4O/c22-13-16-12-21(20-19-16)11-5-10-18-17(14-6-1-2-7-14)15-8-3-4-9-15/h12,14-15,17-18,22H,1-11,13H2. The number of aryl methyl sites for hydroxylation is 1. The monoisotopic (exact) mass is 306 g/mol. The molecule has 0 aliphatic heterocycles. The fraction of sp³-hybridized carbons (Fsp3) is 0.882. The zero-order chi connectivity index (χ0) is 15.2. The summed E-state index contributed by atoms with van der Waals surface area (Å²) < 4.78 is 1.84. The number of hydrogen-bond donors (Lipinski definition) is 2. The molecule has 0 spiro atoms. The van der Waals surface area contributed by atoms with Gasteiger partial charge in [-0.2, -0.15) is 0 Å². The van der Waals surface area contributed by atoms with Crippen LogP contribution in [-0.4, -0.2) is 32.7 Å². The van der Waals surface area contributed by atoms with Gasteiger partial charge in [-0.15, -0.1) is 5.10 Å². The summed E-state index contributed by atoms with van der Waals surface area (Å²) in [6.45, 7) is 1.91. The Morgan fingerprint density at radius 3 is 2.32 bits per heavy atom. The summed E-state index contributed by atoms with van der Waals surface area (Å²) in [6, 6.07) is 0.744. The van der Waals surface area contributed by atoms with Crippen LogP contribution in [0.2, 0.25) is 0 Å². The second kappa shape index (κ2) is 8.06. The highest BCUT2D eigenvalue weighted by Gasteiger charge is 2.32. The van der Waals surface area contributed by atoms with E-state index in [0.29, 0.717) is 5.69 Å². The molecule has 2 aliphatic carbocycles. The molecule has 0 amide bonds. The molecular formula is C17H30N4O. The average molecular weight is 306 g/mol. The van der Waals surface area contributed by atoms with Gasteiger partial charge in [0.1, 0.15) is 5.69 Å². The van der Waals surface area contributed by atoms with E-state index in [1.165, 1.54) is 51.4 Å². The highest BCUT2D eigenvalue weighted by Crippen LogP contribution is 2.37. The summed E-state index contributed by atoms with van der Waals surface area (Å²) in [5, 5.41) is 20.8. The highest BCUT2D eigenvalue weighted by atomic mass is 16.3. The fourth-order valence-electron chi connectivity index (χ4n) is 4.38. The van der Waals surface area contributed by atoms with Crippen molar-refractivity contribution in [3.8, 4) is 0 Å².